The molecule has 0 radical (unpaired) electrons. The Morgan fingerprint density at radius 1 is 1.48 bits per heavy atom. The summed E-state index contributed by atoms with van der Waals surface area (Å²) in [5.74, 6) is 2.02. The number of hydrogen-bond donors (Lipinski definition) is 1. The minimum atomic E-state index is 0.220. The van der Waals surface area contributed by atoms with E-state index in [2.05, 4.69) is 34.7 Å². The predicted octanol–water partition coefficient (Wildman–Crippen LogP) is 3.30. The Morgan fingerprint density at radius 2 is 2.33 bits per heavy atom. The van der Waals surface area contributed by atoms with Crippen molar-refractivity contribution in [3.05, 3.63) is 17.3 Å². The number of aromatic nitrogens is 2. The molecule has 21 heavy (non-hydrogen) atoms. The monoisotopic (exact) mass is 306 g/mol. The van der Waals surface area contributed by atoms with E-state index < -0.39 is 0 Å². The molecule has 2 atom stereocenters. The lowest BCUT2D eigenvalue weighted by atomic mass is 10.0. The number of thiazole rings is 1. The summed E-state index contributed by atoms with van der Waals surface area (Å²) < 4.78 is 2.24. The molecular formula is C16H26N4S. The van der Waals surface area contributed by atoms with E-state index >= 15 is 0 Å². The fraction of sp³-hybridized carbons (Fsp3) is 0.688. The lowest BCUT2D eigenvalue weighted by molar-refractivity contribution is 0.529. The van der Waals surface area contributed by atoms with Crippen LogP contribution in [-0.2, 0) is 6.42 Å². The number of nitrogens with two attached hydrogens (primary N) is 1. The van der Waals surface area contributed by atoms with Gasteiger partial charge in [-0.3, -0.25) is 4.40 Å². The zero-order chi connectivity index (χ0) is 14.8. The summed E-state index contributed by atoms with van der Waals surface area (Å²) in [5, 5.41) is 2.11. The highest BCUT2D eigenvalue weighted by molar-refractivity contribution is 7.15. The highest BCUT2D eigenvalue weighted by atomic mass is 32.1. The third-order valence-electron chi connectivity index (χ3n) is 4.60. The van der Waals surface area contributed by atoms with Crippen molar-refractivity contribution >= 4 is 22.1 Å². The normalized spacial score (nSPS) is 20.5. The number of imidazole rings is 1. The molecule has 1 saturated heterocycles. The SMILES string of the molecule is CCCC1CCN(c2nc3sccn3c2CC(N)CC)C1. The Labute approximate surface area is 131 Å². The van der Waals surface area contributed by atoms with E-state index in [1.165, 1.54) is 30.8 Å². The van der Waals surface area contributed by atoms with E-state index in [0.29, 0.717) is 0 Å². The van der Waals surface area contributed by atoms with Gasteiger partial charge in [0.25, 0.3) is 0 Å². The van der Waals surface area contributed by atoms with Crippen LogP contribution in [0.4, 0.5) is 5.82 Å². The first-order valence-corrected chi connectivity index (χ1v) is 9.05. The quantitative estimate of drug-likeness (QED) is 0.890. The van der Waals surface area contributed by atoms with Gasteiger partial charge in [-0.15, -0.1) is 11.3 Å². The van der Waals surface area contributed by atoms with Crippen LogP contribution in [0.1, 0.15) is 45.2 Å². The van der Waals surface area contributed by atoms with Crippen molar-refractivity contribution in [1.82, 2.24) is 9.38 Å². The third-order valence-corrected chi connectivity index (χ3v) is 5.36. The first-order valence-electron chi connectivity index (χ1n) is 8.17. The topological polar surface area (TPSA) is 46.6 Å². The summed E-state index contributed by atoms with van der Waals surface area (Å²) in [4.78, 5) is 8.47. The molecule has 1 aliphatic rings. The number of nitrogens with zero attached hydrogens (tertiary/aromatic N) is 3. The third kappa shape index (κ3) is 2.94. The van der Waals surface area contributed by atoms with Gasteiger partial charge in [-0.1, -0.05) is 20.3 Å². The van der Waals surface area contributed by atoms with Gasteiger partial charge >= 0.3 is 0 Å². The number of anilines is 1. The van der Waals surface area contributed by atoms with Crippen molar-refractivity contribution in [3.8, 4) is 0 Å². The Kier molecular flexibility index (Phi) is 4.50. The Hall–Kier alpha value is -1.07. The maximum Gasteiger partial charge on any atom is 0.195 e. The second-order valence-electron chi connectivity index (χ2n) is 6.20. The number of fused-ring (bicyclic) bond motifs is 1. The minimum Gasteiger partial charge on any atom is -0.355 e. The second-order valence-corrected chi connectivity index (χ2v) is 7.07. The lowest BCUT2D eigenvalue weighted by Gasteiger charge is -2.19. The Balaban J connectivity index is 1.87. The molecule has 2 aromatic heterocycles. The maximum atomic E-state index is 6.21. The molecule has 0 aromatic carbocycles. The van der Waals surface area contributed by atoms with E-state index in [4.69, 9.17) is 10.7 Å². The number of hydrogen-bond acceptors (Lipinski definition) is 4. The van der Waals surface area contributed by atoms with Gasteiger partial charge in [0, 0.05) is 37.1 Å². The molecule has 0 spiro atoms. The van der Waals surface area contributed by atoms with Crippen LogP contribution in [0, 0.1) is 5.92 Å². The van der Waals surface area contributed by atoms with Gasteiger partial charge in [-0.05, 0) is 25.2 Å². The average molecular weight is 306 g/mol. The lowest BCUT2D eigenvalue weighted by Crippen LogP contribution is -2.26. The van der Waals surface area contributed by atoms with Gasteiger partial charge < -0.3 is 10.6 Å². The Bertz CT molecular complexity index is 588. The average Bonchev–Trinajstić information content (AvgIpc) is 3.16. The highest BCUT2D eigenvalue weighted by Crippen LogP contribution is 2.31. The van der Waals surface area contributed by atoms with Crippen molar-refractivity contribution in [3.63, 3.8) is 0 Å². The van der Waals surface area contributed by atoms with E-state index in [-0.39, 0.29) is 6.04 Å². The molecule has 2 aromatic rings. The van der Waals surface area contributed by atoms with Crippen LogP contribution < -0.4 is 10.6 Å². The van der Waals surface area contributed by atoms with Crippen LogP contribution >= 0.6 is 11.3 Å². The molecule has 4 nitrogen and oxygen atoms in total. The van der Waals surface area contributed by atoms with Gasteiger partial charge in [0.2, 0.25) is 0 Å². The van der Waals surface area contributed by atoms with E-state index in [0.717, 1.165) is 36.8 Å². The van der Waals surface area contributed by atoms with Crippen LogP contribution in [0.25, 0.3) is 4.96 Å². The van der Waals surface area contributed by atoms with Crippen LogP contribution in [0.2, 0.25) is 0 Å². The predicted molar refractivity (Wildman–Crippen MR) is 90.3 cm³/mol. The minimum absolute atomic E-state index is 0.220. The molecule has 0 bridgehead atoms. The molecule has 3 heterocycles. The van der Waals surface area contributed by atoms with Gasteiger partial charge in [0.1, 0.15) is 0 Å². The molecular weight excluding hydrogens is 280 g/mol. The molecule has 1 aliphatic heterocycles. The fourth-order valence-corrected chi connectivity index (χ4v) is 4.05. The van der Waals surface area contributed by atoms with Gasteiger partial charge in [0.05, 0.1) is 5.69 Å². The molecule has 0 amide bonds. The summed E-state index contributed by atoms with van der Waals surface area (Å²) in [6.45, 7) is 6.74. The smallest absolute Gasteiger partial charge is 0.195 e. The number of rotatable bonds is 6. The molecule has 2 unspecified atom stereocenters. The first kappa shape index (κ1) is 14.9. The van der Waals surface area contributed by atoms with E-state index in [1.54, 1.807) is 11.3 Å². The molecule has 1 fully saturated rings. The maximum absolute atomic E-state index is 6.21. The molecule has 3 rings (SSSR count). The second kappa shape index (κ2) is 6.36. The summed E-state index contributed by atoms with van der Waals surface area (Å²) in [7, 11) is 0. The van der Waals surface area contributed by atoms with Crippen molar-refractivity contribution in [2.75, 3.05) is 18.0 Å². The molecule has 5 heteroatoms. The summed E-state index contributed by atoms with van der Waals surface area (Å²) in [6, 6.07) is 0.220. The van der Waals surface area contributed by atoms with Crippen LogP contribution in [0.15, 0.2) is 11.6 Å². The highest BCUT2D eigenvalue weighted by Gasteiger charge is 2.27. The van der Waals surface area contributed by atoms with Gasteiger partial charge in [-0.25, -0.2) is 4.98 Å². The molecule has 0 saturated carbocycles. The largest absolute Gasteiger partial charge is 0.355 e. The van der Waals surface area contributed by atoms with Crippen molar-refractivity contribution in [2.24, 2.45) is 11.7 Å². The van der Waals surface area contributed by atoms with Gasteiger partial charge in [-0.2, -0.15) is 0 Å². The Morgan fingerprint density at radius 3 is 3.10 bits per heavy atom. The standard InChI is InChI=1S/C16H26N4S/c1-3-5-12-6-7-19(11-12)15-14(10-13(17)4-2)20-8-9-21-16(20)18-15/h8-9,12-13H,3-7,10-11,17H2,1-2H3. The summed E-state index contributed by atoms with van der Waals surface area (Å²) in [6.07, 6.45) is 7.98. The van der Waals surface area contributed by atoms with E-state index in [9.17, 15) is 0 Å². The fourth-order valence-electron chi connectivity index (χ4n) is 3.33. The summed E-state index contributed by atoms with van der Waals surface area (Å²) in [5.41, 5.74) is 7.51. The van der Waals surface area contributed by atoms with Crippen LogP contribution in [0.5, 0.6) is 0 Å². The van der Waals surface area contributed by atoms with Crippen molar-refractivity contribution < 1.29 is 0 Å². The van der Waals surface area contributed by atoms with Gasteiger partial charge in [0.15, 0.2) is 10.8 Å². The van der Waals surface area contributed by atoms with Crippen LogP contribution in [-0.4, -0.2) is 28.5 Å². The van der Waals surface area contributed by atoms with E-state index in [1.807, 2.05) is 0 Å². The van der Waals surface area contributed by atoms with Crippen LogP contribution in [0.3, 0.4) is 0 Å². The molecule has 2 N–H and O–H groups in total. The zero-order valence-corrected chi connectivity index (χ0v) is 13.9. The van der Waals surface area contributed by atoms with Crippen molar-refractivity contribution in [2.45, 2.75) is 52.0 Å². The summed E-state index contributed by atoms with van der Waals surface area (Å²) >= 11 is 1.71. The first-order chi connectivity index (χ1) is 10.2. The zero-order valence-electron chi connectivity index (χ0n) is 13.1. The molecule has 116 valence electrons. The van der Waals surface area contributed by atoms with Crippen molar-refractivity contribution in [1.29, 1.82) is 0 Å². The molecule has 0 aliphatic carbocycles.